The molecule has 1 saturated heterocycles. The molecule has 2 aromatic rings. The Labute approximate surface area is 165 Å². The minimum Gasteiger partial charge on any atom is -0.508 e. The van der Waals surface area contributed by atoms with Gasteiger partial charge in [-0.2, -0.15) is 0 Å². The molecule has 1 aliphatic rings. The molecular formula is C21H28N2O3S. The van der Waals surface area contributed by atoms with Gasteiger partial charge < -0.3 is 14.7 Å². The van der Waals surface area contributed by atoms with Crippen molar-refractivity contribution in [3.8, 4) is 5.75 Å². The Morgan fingerprint density at radius 2 is 2.11 bits per heavy atom. The van der Waals surface area contributed by atoms with Crippen LogP contribution >= 0.6 is 11.3 Å². The van der Waals surface area contributed by atoms with Crippen LogP contribution in [-0.2, 0) is 16.1 Å². The Bertz CT molecular complexity index is 753. The number of benzene rings is 1. The van der Waals surface area contributed by atoms with Crippen LogP contribution in [0.4, 0.5) is 0 Å². The third-order valence-electron chi connectivity index (χ3n) is 5.02. The second-order valence-corrected chi connectivity index (χ2v) is 8.67. The molecule has 0 aliphatic carbocycles. The highest BCUT2D eigenvalue weighted by Gasteiger charge is 2.25. The van der Waals surface area contributed by atoms with E-state index in [0.717, 1.165) is 31.5 Å². The fourth-order valence-electron chi connectivity index (χ4n) is 3.34. The lowest BCUT2D eigenvalue weighted by atomic mass is 9.98. The quantitative estimate of drug-likeness (QED) is 0.711. The first kappa shape index (κ1) is 19.9. The number of thiophene rings is 1. The van der Waals surface area contributed by atoms with Gasteiger partial charge in [-0.05, 0) is 75.6 Å². The molecule has 0 saturated carbocycles. The average Bonchev–Trinajstić information content (AvgIpc) is 3.07. The maximum atomic E-state index is 12.8. The van der Waals surface area contributed by atoms with Gasteiger partial charge in [-0.25, -0.2) is 4.79 Å². The maximum absolute atomic E-state index is 12.8. The van der Waals surface area contributed by atoms with Crippen LogP contribution < -0.4 is 5.32 Å². The molecule has 27 heavy (non-hydrogen) atoms. The van der Waals surface area contributed by atoms with E-state index in [0.29, 0.717) is 19.1 Å². The van der Waals surface area contributed by atoms with Crippen molar-refractivity contribution in [3.63, 3.8) is 0 Å². The molecular weight excluding hydrogens is 360 g/mol. The van der Waals surface area contributed by atoms with Crippen LogP contribution in [0.5, 0.6) is 5.75 Å². The molecule has 1 unspecified atom stereocenters. The second-order valence-electron chi connectivity index (χ2n) is 7.30. The van der Waals surface area contributed by atoms with Crippen LogP contribution in [0.3, 0.4) is 0 Å². The standard InChI is InChI=1S/C21H28N2O3S/c1-15-6-7-19(27-15)13-22-20(17-4-3-5-18(24)12-17)21(25)26-14-16-8-10-23(2)11-9-16/h3-7,12,16,20,22,24H,8-11,13-14H2,1-2H3. The average molecular weight is 389 g/mol. The number of rotatable bonds is 7. The number of nitrogens with zero attached hydrogens (tertiary/aromatic N) is 1. The Balaban J connectivity index is 1.63. The van der Waals surface area contributed by atoms with Crippen molar-refractivity contribution < 1.29 is 14.6 Å². The predicted octanol–water partition coefficient (Wildman–Crippen LogP) is 3.48. The highest BCUT2D eigenvalue weighted by atomic mass is 32.1. The molecule has 0 amide bonds. The van der Waals surface area contributed by atoms with E-state index in [4.69, 9.17) is 4.74 Å². The molecule has 2 N–H and O–H groups in total. The number of esters is 1. The summed E-state index contributed by atoms with van der Waals surface area (Å²) in [5.74, 6) is 0.289. The molecule has 1 aromatic heterocycles. The Morgan fingerprint density at radius 3 is 2.78 bits per heavy atom. The van der Waals surface area contributed by atoms with E-state index in [1.807, 2.05) is 6.07 Å². The lowest BCUT2D eigenvalue weighted by Crippen LogP contribution is -2.34. The van der Waals surface area contributed by atoms with E-state index in [1.54, 1.807) is 29.5 Å². The number of phenols is 1. The molecule has 2 heterocycles. The molecule has 5 nitrogen and oxygen atoms in total. The molecule has 0 radical (unpaired) electrons. The monoisotopic (exact) mass is 388 g/mol. The summed E-state index contributed by atoms with van der Waals surface area (Å²) >= 11 is 1.71. The SMILES string of the molecule is Cc1ccc(CNC(C(=O)OCC2CCN(C)CC2)c2cccc(O)c2)s1. The molecule has 1 fully saturated rings. The molecule has 1 aliphatic heterocycles. The van der Waals surface area contributed by atoms with Gasteiger partial charge in [0.2, 0.25) is 0 Å². The van der Waals surface area contributed by atoms with Gasteiger partial charge in [0.1, 0.15) is 11.8 Å². The van der Waals surface area contributed by atoms with E-state index in [-0.39, 0.29) is 11.7 Å². The van der Waals surface area contributed by atoms with Gasteiger partial charge in [-0.3, -0.25) is 5.32 Å². The van der Waals surface area contributed by atoms with Gasteiger partial charge >= 0.3 is 5.97 Å². The van der Waals surface area contributed by atoms with Crippen LogP contribution in [0.2, 0.25) is 0 Å². The summed E-state index contributed by atoms with van der Waals surface area (Å²) < 4.78 is 5.67. The van der Waals surface area contributed by atoms with E-state index in [9.17, 15) is 9.90 Å². The van der Waals surface area contributed by atoms with Crippen LogP contribution in [0.25, 0.3) is 0 Å². The third kappa shape index (κ3) is 5.79. The molecule has 1 aromatic carbocycles. The molecule has 146 valence electrons. The first-order chi connectivity index (χ1) is 13.0. The number of aromatic hydroxyl groups is 1. The van der Waals surface area contributed by atoms with Crippen molar-refractivity contribution in [1.29, 1.82) is 0 Å². The number of aryl methyl sites for hydroxylation is 1. The zero-order valence-electron chi connectivity index (χ0n) is 16.0. The summed E-state index contributed by atoms with van der Waals surface area (Å²) in [6.45, 7) is 5.21. The number of phenolic OH excluding ortho intramolecular Hbond substituents is 1. The zero-order chi connectivity index (χ0) is 19.2. The van der Waals surface area contributed by atoms with Gasteiger partial charge in [0.25, 0.3) is 0 Å². The van der Waals surface area contributed by atoms with Crippen LogP contribution in [0.15, 0.2) is 36.4 Å². The van der Waals surface area contributed by atoms with E-state index in [2.05, 4.69) is 36.3 Å². The predicted molar refractivity (Wildman–Crippen MR) is 108 cm³/mol. The number of piperidine rings is 1. The summed E-state index contributed by atoms with van der Waals surface area (Å²) in [5.41, 5.74) is 0.719. The maximum Gasteiger partial charge on any atom is 0.327 e. The lowest BCUT2D eigenvalue weighted by Gasteiger charge is -2.29. The second kappa shape index (κ2) is 9.35. The van der Waals surface area contributed by atoms with Gasteiger partial charge in [-0.1, -0.05) is 12.1 Å². The number of carbonyl (C=O) groups excluding carboxylic acids is 1. The van der Waals surface area contributed by atoms with E-state index in [1.165, 1.54) is 9.75 Å². The summed E-state index contributed by atoms with van der Waals surface area (Å²) in [7, 11) is 2.12. The largest absolute Gasteiger partial charge is 0.508 e. The normalized spacial score (nSPS) is 17.0. The third-order valence-corrected chi connectivity index (χ3v) is 6.02. The number of hydrogen-bond acceptors (Lipinski definition) is 6. The highest BCUT2D eigenvalue weighted by Crippen LogP contribution is 2.23. The smallest absolute Gasteiger partial charge is 0.327 e. The fraction of sp³-hybridized carbons (Fsp3) is 0.476. The van der Waals surface area contributed by atoms with Crippen LogP contribution in [0, 0.1) is 12.8 Å². The molecule has 1 atom stereocenters. The summed E-state index contributed by atoms with van der Waals surface area (Å²) in [6.07, 6.45) is 2.12. The summed E-state index contributed by atoms with van der Waals surface area (Å²) in [6, 6.07) is 10.4. The van der Waals surface area contributed by atoms with E-state index >= 15 is 0 Å². The van der Waals surface area contributed by atoms with Crippen molar-refractivity contribution in [2.24, 2.45) is 5.92 Å². The summed E-state index contributed by atoms with van der Waals surface area (Å²) in [4.78, 5) is 17.5. The van der Waals surface area contributed by atoms with Crippen molar-refractivity contribution in [1.82, 2.24) is 10.2 Å². The van der Waals surface area contributed by atoms with Crippen LogP contribution in [-0.4, -0.2) is 42.7 Å². The lowest BCUT2D eigenvalue weighted by molar-refractivity contribution is -0.148. The van der Waals surface area contributed by atoms with Crippen molar-refractivity contribution in [2.45, 2.75) is 32.4 Å². The van der Waals surface area contributed by atoms with E-state index < -0.39 is 6.04 Å². The summed E-state index contributed by atoms with van der Waals surface area (Å²) in [5, 5.41) is 13.1. The topological polar surface area (TPSA) is 61.8 Å². The number of nitrogens with one attached hydrogen (secondary N) is 1. The first-order valence-corrected chi connectivity index (χ1v) is 10.3. The van der Waals surface area contributed by atoms with Gasteiger partial charge in [0.05, 0.1) is 6.61 Å². The van der Waals surface area contributed by atoms with Gasteiger partial charge in [0, 0.05) is 16.3 Å². The molecule has 0 bridgehead atoms. The minimum absolute atomic E-state index is 0.148. The first-order valence-electron chi connectivity index (χ1n) is 9.44. The zero-order valence-corrected chi connectivity index (χ0v) is 16.8. The van der Waals surface area contributed by atoms with Gasteiger partial charge in [-0.15, -0.1) is 11.3 Å². The molecule has 0 spiro atoms. The Kier molecular flexibility index (Phi) is 6.88. The molecule has 6 heteroatoms. The Morgan fingerprint density at radius 1 is 1.33 bits per heavy atom. The van der Waals surface area contributed by atoms with Crippen LogP contribution in [0.1, 0.15) is 34.2 Å². The number of carbonyl (C=O) groups is 1. The fourth-order valence-corrected chi connectivity index (χ4v) is 4.18. The van der Waals surface area contributed by atoms with Crippen molar-refractivity contribution in [3.05, 3.63) is 51.7 Å². The van der Waals surface area contributed by atoms with Crippen molar-refractivity contribution >= 4 is 17.3 Å². The van der Waals surface area contributed by atoms with Gasteiger partial charge in [0.15, 0.2) is 0 Å². The Hall–Kier alpha value is -1.89. The number of likely N-dealkylation sites (tertiary alicyclic amines) is 1. The number of hydrogen-bond donors (Lipinski definition) is 2. The van der Waals surface area contributed by atoms with Crippen molar-refractivity contribution in [2.75, 3.05) is 26.7 Å². The number of ether oxygens (including phenoxy) is 1. The highest BCUT2D eigenvalue weighted by molar-refractivity contribution is 7.11. The minimum atomic E-state index is -0.592. The molecule has 3 rings (SSSR count).